The van der Waals surface area contributed by atoms with Gasteiger partial charge in [0.1, 0.15) is 0 Å². The van der Waals surface area contributed by atoms with Crippen LogP contribution in [0.3, 0.4) is 0 Å². The highest BCUT2D eigenvalue weighted by Gasteiger charge is 2.26. The smallest absolute Gasteiger partial charge is 0.306 e. The normalized spacial score (nSPS) is 13.1. The number of carbonyl (C=O) groups is 7. The first-order chi connectivity index (χ1) is 28.8. The lowest BCUT2D eigenvalue weighted by atomic mass is 10.1. The summed E-state index contributed by atoms with van der Waals surface area (Å²) in [6, 6.07) is 0. The summed E-state index contributed by atoms with van der Waals surface area (Å²) in [5, 5.41) is 0. The molecule has 1 heterocycles. The van der Waals surface area contributed by atoms with E-state index in [0.717, 1.165) is 32.5 Å². The van der Waals surface area contributed by atoms with Gasteiger partial charge in [-0.2, -0.15) is 11.8 Å². The molecule has 0 aromatic heterocycles. The van der Waals surface area contributed by atoms with E-state index in [2.05, 4.69) is 10.8 Å². The van der Waals surface area contributed by atoms with E-state index >= 15 is 0 Å². The summed E-state index contributed by atoms with van der Waals surface area (Å²) >= 11 is 1.51. The van der Waals surface area contributed by atoms with Crippen LogP contribution in [0.2, 0.25) is 0 Å². The number of thioether (sulfide) groups is 1. The van der Waals surface area contributed by atoms with E-state index in [-0.39, 0.29) is 112 Å². The Balaban J connectivity index is 3.12. The third-order valence-corrected chi connectivity index (χ3v) is 12.2. The number of hydrogen-bond acceptors (Lipinski definition) is 10. The number of amides is 6. The topological polar surface area (TPSA) is 151 Å². The van der Waals surface area contributed by atoms with Gasteiger partial charge in [-0.25, -0.2) is 0 Å². The molecule has 1 atom stereocenters. The molecule has 0 aromatic rings. The fourth-order valence-electron chi connectivity index (χ4n) is 6.91. The number of likely N-dealkylation sites (N-methyl/N-ethyl adjacent to an activating group) is 1. The van der Waals surface area contributed by atoms with Gasteiger partial charge in [-0.05, 0) is 32.4 Å². The molecule has 342 valence electrons. The lowest BCUT2D eigenvalue weighted by Crippen LogP contribution is -2.49. The van der Waals surface area contributed by atoms with Crippen molar-refractivity contribution < 1.29 is 38.3 Å². The monoisotopic (exact) mass is 864 g/mol. The second-order valence-corrected chi connectivity index (χ2v) is 16.5. The molecule has 0 spiro atoms. The number of unbranched alkanes of at least 4 members (excludes halogenated alkanes) is 1. The van der Waals surface area contributed by atoms with Crippen LogP contribution in [-0.4, -0.2) is 193 Å². The summed E-state index contributed by atoms with van der Waals surface area (Å²) in [5.41, 5.74) is 0. The van der Waals surface area contributed by atoms with Gasteiger partial charge in [0.05, 0.1) is 13.5 Å². The predicted octanol–water partition coefficient (Wildman–Crippen LogP) is 3.45. The van der Waals surface area contributed by atoms with E-state index in [1.807, 2.05) is 18.7 Å². The second-order valence-electron chi connectivity index (χ2n) is 15.3. The molecule has 0 aromatic carbocycles. The van der Waals surface area contributed by atoms with Crippen molar-refractivity contribution in [1.29, 1.82) is 0 Å². The quantitative estimate of drug-likeness (QED) is 0.0576. The van der Waals surface area contributed by atoms with Gasteiger partial charge in [-0.3, -0.25) is 33.6 Å². The van der Waals surface area contributed by atoms with Gasteiger partial charge in [0, 0.05) is 142 Å². The first-order valence-corrected chi connectivity index (χ1v) is 23.4. The maximum atomic E-state index is 14.0. The third-order valence-electron chi connectivity index (χ3n) is 10.9. The van der Waals surface area contributed by atoms with Crippen molar-refractivity contribution in [3.8, 4) is 12.3 Å². The van der Waals surface area contributed by atoms with Gasteiger partial charge in [0.2, 0.25) is 35.4 Å². The molecule has 16 heteroatoms. The second kappa shape index (κ2) is 32.0. The SMILES string of the molecule is C#CCCCC(=O)N(C)CCN(CCN(CCN(CCN(CCN(CCN1CCCCC1)C(=O)CC)C(=O)C(C)CSCCC(=O)OC)C(=O)CC)C(=O)CC)C(=O)CC. The van der Waals surface area contributed by atoms with Crippen LogP contribution >= 0.6 is 11.8 Å². The van der Waals surface area contributed by atoms with Crippen molar-refractivity contribution in [1.82, 2.24) is 34.3 Å². The maximum absolute atomic E-state index is 14.0. The number of piperidine rings is 1. The lowest BCUT2D eigenvalue weighted by molar-refractivity contribution is -0.140. The summed E-state index contributed by atoms with van der Waals surface area (Å²) in [7, 11) is 3.06. The van der Waals surface area contributed by atoms with Crippen LogP contribution in [-0.2, 0) is 38.3 Å². The van der Waals surface area contributed by atoms with Crippen LogP contribution in [0, 0.1) is 18.3 Å². The molecule has 1 unspecified atom stereocenters. The molecule has 1 saturated heterocycles. The number of nitrogens with zero attached hydrogens (tertiary/aromatic N) is 7. The van der Waals surface area contributed by atoms with Crippen molar-refractivity contribution in [3.05, 3.63) is 0 Å². The number of terminal acetylenes is 1. The largest absolute Gasteiger partial charge is 0.469 e. The summed E-state index contributed by atoms with van der Waals surface area (Å²) < 4.78 is 4.75. The molecule has 1 aliphatic heterocycles. The zero-order chi connectivity index (χ0) is 44.9. The van der Waals surface area contributed by atoms with Gasteiger partial charge < -0.3 is 39.0 Å². The molecule has 60 heavy (non-hydrogen) atoms. The highest BCUT2D eigenvalue weighted by molar-refractivity contribution is 7.99. The zero-order valence-corrected chi connectivity index (χ0v) is 38.9. The number of rotatable bonds is 31. The van der Waals surface area contributed by atoms with Crippen LogP contribution < -0.4 is 0 Å². The Bertz CT molecular complexity index is 1370. The number of ether oxygens (including phenoxy) is 1. The Labute approximate surface area is 365 Å². The molecule has 1 fully saturated rings. The number of esters is 1. The zero-order valence-electron chi connectivity index (χ0n) is 38.1. The van der Waals surface area contributed by atoms with Crippen LogP contribution in [0.25, 0.3) is 0 Å². The van der Waals surface area contributed by atoms with E-state index in [0.29, 0.717) is 69.9 Å². The molecule has 0 saturated carbocycles. The van der Waals surface area contributed by atoms with Crippen LogP contribution in [0.1, 0.15) is 105 Å². The average Bonchev–Trinajstić information content (AvgIpc) is 3.27. The van der Waals surface area contributed by atoms with Gasteiger partial charge >= 0.3 is 5.97 Å². The third kappa shape index (κ3) is 21.6. The average molecular weight is 864 g/mol. The highest BCUT2D eigenvalue weighted by atomic mass is 32.2. The van der Waals surface area contributed by atoms with Crippen LogP contribution in [0.15, 0.2) is 0 Å². The molecule has 0 aliphatic carbocycles. The Morgan fingerprint density at radius 2 is 1.07 bits per heavy atom. The fraction of sp³-hybridized carbons (Fsp3) is 0.795. The Morgan fingerprint density at radius 3 is 1.50 bits per heavy atom. The summed E-state index contributed by atoms with van der Waals surface area (Å²) in [4.78, 5) is 103. The predicted molar refractivity (Wildman–Crippen MR) is 238 cm³/mol. The first-order valence-electron chi connectivity index (χ1n) is 22.2. The van der Waals surface area contributed by atoms with E-state index in [1.165, 1.54) is 25.3 Å². The van der Waals surface area contributed by atoms with Crippen molar-refractivity contribution >= 4 is 53.2 Å². The van der Waals surface area contributed by atoms with E-state index in [4.69, 9.17) is 11.2 Å². The molecule has 6 amide bonds. The van der Waals surface area contributed by atoms with Crippen molar-refractivity contribution in [2.45, 2.75) is 105 Å². The Kier molecular flexibility index (Phi) is 28.9. The molecule has 0 bridgehead atoms. The molecule has 0 N–H and O–H groups in total. The number of methoxy groups -OCH3 is 1. The van der Waals surface area contributed by atoms with Crippen molar-refractivity contribution in [2.75, 3.05) is 117 Å². The highest BCUT2D eigenvalue weighted by Crippen LogP contribution is 2.15. The summed E-state index contributed by atoms with van der Waals surface area (Å²) in [6.45, 7) is 15.3. The minimum absolute atomic E-state index is 0.0325. The molecule has 15 nitrogen and oxygen atoms in total. The van der Waals surface area contributed by atoms with Crippen molar-refractivity contribution in [2.24, 2.45) is 5.92 Å². The standard InChI is InChI=1S/C44H77N7O8S/c1-9-14-16-19-42(56)45(7)23-25-47(38(52)10-2)27-28-49(40(54)12-4)29-30-50(41(55)13-5)32-34-51(44(58)37(6)36-60-35-20-43(57)59-8)33-31-48(39(53)11-3)26-24-46-21-17-15-18-22-46/h1,37H,10-36H2,2-8H3. The fourth-order valence-corrected chi connectivity index (χ4v) is 7.88. The molecule has 0 radical (unpaired) electrons. The van der Waals surface area contributed by atoms with E-state index in [1.54, 1.807) is 52.3 Å². The minimum Gasteiger partial charge on any atom is -0.469 e. The van der Waals surface area contributed by atoms with E-state index < -0.39 is 0 Å². The van der Waals surface area contributed by atoms with Crippen LogP contribution in [0.4, 0.5) is 0 Å². The van der Waals surface area contributed by atoms with Crippen molar-refractivity contribution in [3.63, 3.8) is 0 Å². The molecule has 1 aliphatic rings. The number of carbonyl (C=O) groups excluding carboxylic acids is 7. The number of hydrogen-bond donors (Lipinski definition) is 0. The van der Waals surface area contributed by atoms with Gasteiger partial charge in [-0.15, -0.1) is 12.3 Å². The molecular weight excluding hydrogens is 787 g/mol. The Morgan fingerprint density at radius 1 is 0.633 bits per heavy atom. The molecular formula is C44H77N7O8S. The maximum Gasteiger partial charge on any atom is 0.306 e. The number of likely N-dealkylation sites (tertiary alicyclic amines) is 1. The lowest BCUT2D eigenvalue weighted by Gasteiger charge is -2.34. The van der Waals surface area contributed by atoms with E-state index in [9.17, 15) is 33.6 Å². The first kappa shape index (κ1) is 54.2. The molecule has 1 rings (SSSR count). The van der Waals surface area contributed by atoms with Gasteiger partial charge in [-0.1, -0.05) is 41.0 Å². The van der Waals surface area contributed by atoms with Gasteiger partial charge in [0.25, 0.3) is 0 Å². The Hall–Kier alpha value is -3.84. The van der Waals surface area contributed by atoms with Crippen LogP contribution in [0.5, 0.6) is 0 Å². The summed E-state index contributed by atoms with van der Waals surface area (Å²) in [6.07, 6.45) is 11.7. The van der Waals surface area contributed by atoms with Gasteiger partial charge in [0.15, 0.2) is 0 Å². The minimum atomic E-state index is -0.371. The summed E-state index contributed by atoms with van der Waals surface area (Å²) in [5.74, 6) is 2.50.